The number of aromatic nitrogens is 3. The van der Waals surface area contributed by atoms with Crippen molar-refractivity contribution in [2.24, 2.45) is 0 Å². The molecule has 2 heterocycles. The molecule has 0 amide bonds. The summed E-state index contributed by atoms with van der Waals surface area (Å²) < 4.78 is 46.1. The third kappa shape index (κ3) is 6.72. The van der Waals surface area contributed by atoms with Crippen molar-refractivity contribution in [2.75, 3.05) is 25.0 Å². The lowest BCUT2D eigenvalue weighted by Gasteiger charge is -2.18. The minimum Gasteiger partial charge on any atom is -0.493 e. The number of anilines is 1. The predicted octanol–water partition coefficient (Wildman–Crippen LogP) is 3.96. The molecule has 2 N–H and O–H groups in total. The number of rotatable bonds is 11. The van der Waals surface area contributed by atoms with Crippen LogP contribution in [0.2, 0.25) is 0 Å². The molecular formula is C26H26N4O6S. The smallest absolute Gasteiger partial charge is 0.263 e. The summed E-state index contributed by atoms with van der Waals surface area (Å²) in [6.07, 6.45) is 3.13. The van der Waals surface area contributed by atoms with Crippen LogP contribution in [0.4, 0.5) is 5.82 Å². The highest BCUT2D eigenvalue weighted by molar-refractivity contribution is 7.91. The van der Waals surface area contributed by atoms with Gasteiger partial charge in [-0.2, -0.15) is 4.98 Å². The lowest BCUT2D eigenvalue weighted by molar-refractivity contribution is 0.192. The van der Waals surface area contributed by atoms with Crippen LogP contribution in [0.15, 0.2) is 73.1 Å². The van der Waals surface area contributed by atoms with Crippen molar-refractivity contribution in [1.82, 2.24) is 15.0 Å². The first kappa shape index (κ1) is 25.9. The van der Waals surface area contributed by atoms with Crippen LogP contribution in [0.3, 0.4) is 0 Å². The molecule has 10 nitrogen and oxygen atoms in total. The molecule has 2 aromatic heterocycles. The first-order valence-electron chi connectivity index (χ1n) is 11.3. The van der Waals surface area contributed by atoms with Crippen LogP contribution >= 0.6 is 0 Å². The van der Waals surface area contributed by atoms with Crippen LogP contribution in [0, 0.1) is 6.92 Å². The SMILES string of the molecule is COc1ccccc1Oc1c(NS(=O)(=O)Cc2ccc(C)cc2)nc(-c2ccncc2)nc1OCCO. The Kier molecular flexibility index (Phi) is 8.16. The molecule has 0 unspecified atom stereocenters. The van der Waals surface area contributed by atoms with Crippen LogP contribution < -0.4 is 18.9 Å². The summed E-state index contributed by atoms with van der Waals surface area (Å²) in [4.78, 5) is 12.9. The van der Waals surface area contributed by atoms with E-state index in [0.717, 1.165) is 5.56 Å². The number of ether oxygens (including phenoxy) is 3. The van der Waals surface area contributed by atoms with Gasteiger partial charge >= 0.3 is 0 Å². The monoisotopic (exact) mass is 522 g/mol. The van der Waals surface area contributed by atoms with Crippen molar-refractivity contribution in [3.05, 3.63) is 84.2 Å². The molecular weight excluding hydrogens is 496 g/mol. The number of aliphatic hydroxyl groups excluding tert-OH is 1. The highest BCUT2D eigenvalue weighted by Gasteiger charge is 2.24. The fraction of sp³-hybridized carbons (Fsp3) is 0.192. The molecule has 4 aromatic rings. The Morgan fingerprint density at radius 1 is 0.946 bits per heavy atom. The maximum atomic E-state index is 13.2. The molecule has 0 saturated heterocycles. The van der Waals surface area contributed by atoms with Gasteiger partial charge in [-0.1, -0.05) is 42.0 Å². The van der Waals surface area contributed by atoms with Crippen molar-refractivity contribution >= 4 is 15.8 Å². The van der Waals surface area contributed by atoms with Gasteiger partial charge in [0.15, 0.2) is 23.1 Å². The van der Waals surface area contributed by atoms with E-state index in [1.165, 1.54) is 7.11 Å². The lowest BCUT2D eigenvalue weighted by Crippen LogP contribution is -2.18. The first-order valence-corrected chi connectivity index (χ1v) is 13.0. The summed E-state index contributed by atoms with van der Waals surface area (Å²) in [5, 5.41) is 9.37. The molecule has 0 bridgehead atoms. The Balaban J connectivity index is 1.81. The third-order valence-electron chi connectivity index (χ3n) is 5.11. The predicted molar refractivity (Wildman–Crippen MR) is 138 cm³/mol. The molecule has 0 fully saturated rings. The van der Waals surface area contributed by atoms with Crippen molar-refractivity contribution in [3.8, 4) is 34.5 Å². The van der Waals surface area contributed by atoms with E-state index in [2.05, 4.69) is 19.7 Å². The number of benzene rings is 2. The zero-order valence-corrected chi connectivity index (χ0v) is 21.1. The molecule has 192 valence electrons. The summed E-state index contributed by atoms with van der Waals surface area (Å²) >= 11 is 0. The fourth-order valence-corrected chi connectivity index (χ4v) is 4.50. The number of pyridine rings is 1. The summed E-state index contributed by atoms with van der Waals surface area (Å²) in [7, 11) is -2.45. The van der Waals surface area contributed by atoms with E-state index in [1.807, 2.05) is 19.1 Å². The second-order valence-electron chi connectivity index (χ2n) is 7.94. The number of nitrogens with one attached hydrogen (secondary N) is 1. The van der Waals surface area contributed by atoms with E-state index in [0.29, 0.717) is 16.9 Å². The maximum absolute atomic E-state index is 13.2. The summed E-state index contributed by atoms with van der Waals surface area (Å²) in [5.74, 6) is 0.310. The number of methoxy groups -OCH3 is 1. The highest BCUT2D eigenvalue weighted by atomic mass is 32.2. The van der Waals surface area contributed by atoms with Crippen molar-refractivity contribution < 1.29 is 27.7 Å². The average Bonchev–Trinajstić information content (AvgIpc) is 2.90. The van der Waals surface area contributed by atoms with Crippen LogP contribution in [-0.4, -0.2) is 48.8 Å². The number of aryl methyl sites for hydroxylation is 1. The van der Waals surface area contributed by atoms with Gasteiger partial charge in [0.25, 0.3) is 5.88 Å². The van der Waals surface area contributed by atoms with Gasteiger partial charge < -0.3 is 19.3 Å². The fourth-order valence-electron chi connectivity index (χ4n) is 3.36. The van der Waals surface area contributed by atoms with Crippen LogP contribution in [0.1, 0.15) is 11.1 Å². The molecule has 11 heteroatoms. The number of nitrogens with zero attached hydrogens (tertiary/aromatic N) is 3. The van der Waals surface area contributed by atoms with E-state index in [9.17, 15) is 13.5 Å². The van der Waals surface area contributed by atoms with Crippen molar-refractivity contribution in [3.63, 3.8) is 0 Å². The average molecular weight is 523 g/mol. The molecule has 0 aliphatic carbocycles. The Bertz CT molecular complexity index is 1450. The zero-order chi connectivity index (χ0) is 26.3. The highest BCUT2D eigenvalue weighted by Crippen LogP contribution is 2.41. The summed E-state index contributed by atoms with van der Waals surface area (Å²) in [5.41, 5.74) is 2.20. The largest absolute Gasteiger partial charge is 0.493 e. The van der Waals surface area contributed by atoms with Crippen LogP contribution in [-0.2, 0) is 15.8 Å². The molecule has 0 spiro atoms. The topological polar surface area (TPSA) is 133 Å². The lowest BCUT2D eigenvalue weighted by atomic mass is 10.2. The van der Waals surface area contributed by atoms with Crippen molar-refractivity contribution in [2.45, 2.75) is 12.7 Å². The van der Waals surface area contributed by atoms with E-state index in [4.69, 9.17) is 14.2 Å². The standard InChI is InChI=1S/C26H26N4O6S/c1-18-7-9-19(10-8-18)17-37(32,33)30-25-23(36-22-6-4-3-5-21(22)34-2)26(35-16-15-31)29-24(28-25)20-11-13-27-14-12-20/h3-14,31H,15-17H2,1-2H3,(H,28,29,30). The molecule has 0 atom stereocenters. The Labute approximate surface area is 215 Å². The van der Waals surface area contributed by atoms with Gasteiger partial charge in [0.05, 0.1) is 19.5 Å². The van der Waals surface area contributed by atoms with E-state index in [1.54, 1.807) is 60.9 Å². The number of aliphatic hydroxyl groups is 1. The second kappa shape index (κ2) is 11.7. The second-order valence-corrected chi connectivity index (χ2v) is 9.66. The van der Waals surface area contributed by atoms with Crippen molar-refractivity contribution in [1.29, 1.82) is 0 Å². The minimum atomic E-state index is -3.94. The normalized spacial score (nSPS) is 11.1. The zero-order valence-electron chi connectivity index (χ0n) is 20.3. The van der Waals surface area contributed by atoms with Crippen LogP contribution in [0.25, 0.3) is 11.4 Å². The van der Waals surface area contributed by atoms with Crippen LogP contribution in [0.5, 0.6) is 23.1 Å². The van der Waals surface area contributed by atoms with Gasteiger partial charge in [-0.05, 0) is 36.8 Å². The molecule has 0 aliphatic rings. The van der Waals surface area contributed by atoms with E-state index < -0.39 is 10.0 Å². The van der Waals surface area contributed by atoms with Gasteiger partial charge in [-0.3, -0.25) is 9.71 Å². The number of hydrogen-bond donors (Lipinski definition) is 2. The third-order valence-corrected chi connectivity index (χ3v) is 6.33. The first-order chi connectivity index (χ1) is 17.9. The molecule has 4 rings (SSSR count). The minimum absolute atomic E-state index is 0.0604. The summed E-state index contributed by atoms with van der Waals surface area (Å²) in [6, 6.07) is 17.4. The quantitative estimate of drug-likeness (QED) is 0.300. The Morgan fingerprint density at radius 3 is 2.32 bits per heavy atom. The number of para-hydroxylation sites is 2. The van der Waals surface area contributed by atoms with Gasteiger partial charge in [0.1, 0.15) is 6.61 Å². The molecule has 0 radical (unpaired) electrons. The maximum Gasteiger partial charge on any atom is 0.263 e. The molecule has 0 aliphatic heterocycles. The summed E-state index contributed by atoms with van der Waals surface area (Å²) in [6.45, 7) is 1.52. The van der Waals surface area contributed by atoms with Gasteiger partial charge in [-0.15, -0.1) is 0 Å². The number of hydrogen-bond acceptors (Lipinski definition) is 9. The van der Waals surface area contributed by atoms with Gasteiger partial charge in [0, 0.05) is 18.0 Å². The Hall–Kier alpha value is -4.22. The van der Waals surface area contributed by atoms with E-state index in [-0.39, 0.29) is 48.0 Å². The number of sulfonamides is 1. The van der Waals surface area contributed by atoms with E-state index >= 15 is 0 Å². The van der Waals surface area contributed by atoms with Gasteiger partial charge in [0.2, 0.25) is 15.8 Å². The molecule has 2 aromatic carbocycles. The van der Waals surface area contributed by atoms with Gasteiger partial charge in [-0.25, -0.2) is 13.4 Å². The molecule has 0 saturated carbocycles. The molecule has 37 heavy (non-hydrogen) atoms. The Morgan fingerprint density at radius 2 is 1.65 bits per heavy atom.